The Bertz CT molecular complexity index is 671. The molecule has 2 atom stereocenters. The van der Waals surface area contributed by atoms with Crippen molar-refractivity contribution in [2.45, 2.75) is 20.0 Å². The van der Waals surface area contributed by atoms with Crippen LogP contribution in [0.1, 0.15) is 18.1 Å². The van der Waals surface area contributed by atoms with E-state index in [0.717, 1.165) is 45.4 Å². The molecule has 1 aromatic rings. The third kappa shape index (κ3) is 5.23. The molecule has 1 aromatic carbocycles. The quantitative estimate of drug-likeness (QED) is 0.466. The molecule has 2 heterocycles. The van der Waals surface area contributed by atoms with Crippen molar-refractivity contribution >= 4 is 11.9 Å². The summed E-state index contributed by atoms with van der Waals surface area (Å²) < 4.78 is 10.3. The lowest BCUT2D eigenvalue weighted by Crippen LogP contribution is -2.40. The maximum atomic E-state index is 11.9. The van der Waals surface area contributed by atoms with Gasteiger partial charge in [0.15, 0.2) is 5.96 Å². The molecular formula is C21H32N4O3. The normalized spacial score (nSPS) is 23.7. The molecule has 2 saturated heterocycles. The molecule has 154 valence electrons. The van der Waals surface area contributed by atoms with E-state index < -0.39 is 0 Å². The number of nitrogens with zero attached hydrogens (tertiary/aromatic N) is 3. The Kier molecular flexibility index (Phi) is 7.28. The molecule has 2 unspecified atom stereocenters. The Morgan fingerprint density at radius 2 is 1.89 bits per heavy atom. The largest absolute Gasteiger partial charge is 0.469 e. The third-order valence-corrected chi connectivity index (χ3v) is 5.61. The number of hydrogen-bond acceptors (Lipinski definition) is 5. The summed E-state index contributed by atoms with van der Waals surface area (Å²) >= 11 is 0. The molecule has 2 aliphatic rings. The smallest absolute Gasteiger partial charge is 0.310 e. The zero-order chi connectivity index (χ0) is 19.9. The van der Waals surface area contributed by atoms with Gasteiger partial charge in [0.25, 0.3) is 0 Å². The number of benzene rings is 1. The van der Waals surface area contributed by atoms with Crippen LogP contribution in [-0.4, -0.2) is 75.3 Å². The van der Waals surface area contributed by atoms with Crippen molar-refractivity contribution in [3.05, 3.63) is 35.4 Å². The van der Waals surface area contributed by atoms with Crippen LogP contribution < -0.4 is 5.32 Å². The first-order valence-electron chi connectivity index (χ1n) is 10.0. The second-order valence-electron chi connectivity index (χ2n) is 7.62. The molecule has 1 N–H and O–H groups in total. The van der Waals surface area contributed by atoms with Gasteiger partial charge >= 0.3 is 5.97 Å². The Labute approximate surface area is 167 Å². The molecule has 0 aliphatic carbocycles. The van der Waals surface area contributed by atoms with E-state index >= 15 is 0 Å². The third-order valence-electron chi connectivity index (χ3n) is 5.61. The van der Waals surface area contributed by atoms with Crippen LogP contribution in [0.15, 0.2) is 29.3 Å². The monoisotopic (exact) mass is 388 g/mol. The van der Waals surface area contributed by atoms with E-state index in [1.807, 2.05) is 0 Å². The van der Waals surface area contributed by atoms with E-state index in [1.165, 1.54) is 18.2 Å². The Balaban J connectivity index is 1.50. The zero-order valence-corrected chi connectivity index (χ0v) is 17.2. The average Bonchev–Trinajstić information content (AvgIpc) is 3.11. The number of carbonyl (C=O) groups is 1. The molecule has 0 amide bonds. The Hall–Kier alpha value is -2.12. The molecule has 0 saturated carbocycles. The Morgan fingerprint density at radius 3 is 2.54 bits per heavy atom. The minimum Gasteiger partial charge on any atom is -0.469 e. The average molecular weight is 389 g/mol. The van der Waals surface area contributed by atoms with Gasteiger partial charge < -0.3 is 19.7 Å². The highest BCUT2D eigenvalue weighted by Crippen LogP contribution is 2.24. The highest BCUT2D eigenvalue weighted by molar-refractivity contribution is 5.82. The summed E-state index contributed by atoms with van der Waals surface area (Å²) in [4.78, 5) is 20.9. The molecule has 2 fully saturated rings. The lowest BCUT2D eigenvalue weighted by Gasteiger charge is -2.26. The van der Waals surface area contributed by atoms with Crippen LogP contribution in [0.2, 0.25) is 0 Å². The number of methoxy groups -OCH3 is 1. The zero-order valence-electron chi connectivity index (χ0n) is 17.2. The standard InChI is InChI=1S/C21H32N4O3/c1-16-13-25(15-19(16)20(26)27-3)21(22-2)23-12-17-4-6-18(7-5-17)14-24-8-10-28-11-9-24/h4-7,16,19H,8-15H2,1-3H3,(H,22,23). The molecule has 2 aliphatic heterocycles. The van der Waals surface area contributed by atoms with Gasteiger partial charge in [-0.15, -0.1) is 0 Å². The van der Waals surface area contributed by atoms with Crippen LogP contribution in [0, 0.1) is 11.8 Å². The SMILES string of the molecule is CN=C(NCc1ccc(CN2CCOCC2)cc1)N1CC(C)C(C(=O)OC)C1. The van der Waals surface area contributed by atoms with Gasteiger partial charge in [-0.2, -0.15) is 0 Å². The van der Waals surface area contributed by atoms with E-state index in [9.17, 15) is 4.79 Å². The first-order valence-corrected chi connectivity index (χ1v) is 10.0. The maximum Gasteiger partial charge on any atom is 0.310 e. The van der Waals surface area contributed by atoms with Gasteiger partial charge in [0, 0.05) is 46.3 Å². The van der Waals surface area contributed by atoms with E-state index in [2.05, 4.69) is 51.3 Å². The number of ether oxygens (including phenoxy) is 2. The second kappa shape index (κ2) is 9.89. The van der Waals surface area contributed by atoms with Crippen LogP contribution in [0.5, 0.6) is 0 Å². The van der Waals surface area contributed by atoms with Crippen LogP contribution in [0.4, 0.5) is 0 Å². The molecule has 0 radical (unpaired) electrons. The fourth-order valence-corrected chi connectivity index (χ4v) is 3.89. The lowest BCUT2D eigenvalue weighted by molar-refractivity contribution is -0.145. The summed E-state index contributed by atoms with van der Waals surface area (Å²) in [6, 6.07) is 8.72. The maximum absolute atomic E-state index is 11.9. The molecule has 7 nitrogen and oxygen atoms in total. The van der Waals surface area contributed by atoms with Crippen molar-refractivity contribution in [1.82, 2.24) is 15.1 Å². The van der Waals surface area contributed by atoms with Crippen molar-refractivity contribution in [2.75, 3.05) is 53.6 Å². The van der Waals surface area contributed by atoms with E-state index in [0.29, 0.717) is 13.1 Å². The van der Waals surface area contributed by atoms with Gasteiger partial charge in [-0.25, -0.2) is 0 Å². The molecule has 3 rings (SSSR count). The predicted molar refractivity (Wildman–Crippen MR) is 109 cm³/mol. The first-order chi connectivity index (χ1) is 13.6. The van der Waals surface area contributed by atoms with Crippen LogP contribution in [0.3, 0.4) is 0 Å². The van der Waals surface area contributed by atoms with Gasteiger partial charge in [-0.3, -0.25) is 14.7 Å². The number of esters is 1. The van der Waals surface area contributed by atoms with Gasteiger partial charge in [0.05, 0.1) is 26.2 Å². The molecule has 0 aromatic heterocycles. The van der Waals surface area contributed by atoms with Gasteiger partial charge in [0.2, 0.25) is 0 Å². The summed E-state index contributed by atoms with van der Waals surface area (Å²) in [5, 5.41) is 3.42. The van der Waals surface area contributed by atoms with Crippen LogP contribution >= 0.6 is 0 Å². The van der Waals surface area contributed by atoms with Gasteiger partial charge in [-0.05, 0) is 17.0 Å². The van der Waals surface area contributed by atoms with Crippen molar-refractivity contribution in [3.8, 4) is 0 Å². The summed E-state index contributed by atoms with van der Waals surface area (Å²) in [6.45, 7) is 8.87. The van der Waals surface area contributed by atoms with Gasteiger partial charge in [0.1, 0.15) is 0 Å². The summed E-state index contributed by atoms with van der Waals surface area (Å²) in [5.74, 6) is 0.852. The first kappa shape index (κ1) is 20.6. The van der Waals surface area contributed by atoms with Crippen molar-refractivity contribution in [3.63, 3.8) is 0 Å². The fraction of sp³-hybridized carbons (Fsp3) is 0.619. The number of nitrogens with one attached hydrogen (secondary N) is 1. The van der Waals surface area contributed by atoms with Gasteiger partial charge in [-0.1, -0.05) is 31.2 Å². The fourth-order valence-electron chi connectivity index (χ4n) is 3.89. The van der Waals surface area contributed by atoms with Crippen molar-refractivity contribution in [2.24, 2.45) is 16.8 Å². The minimum atomic E-state index is -0.138. The molecule has 7 heteroatoms. The molecule has 0 spiro atoms. The number of rotatable bonds is 5. The number of carbonyl (C=O) groups excluding carboxylic acids is 1. The van der Waals surface area contributed by atoms with Crippen molar-refractivity contribution < 1.29 is 14.3 Å². The summed E-state index contributed by atoms with van der Waals surface area (Å²) in [7, 11) is 3.23. The molecule has 0 bridgehead atoms. The number of morpholine rings is 1. The van der Waals surface area contributed by atoms with Crippen LogP contribution in [-0.2, 0) is 27.4 Å². The number of hydrogen-bond donors (Lipinski definition) is 1. The summed E-state index contributed by atoms with van der Waals surface area (Å²) in [6.07, 6.45) is 0. The van der Waals surface area contributed by atoms with E-state index in [-0.39, 0.29) is 17.8 Å². The topological polar surface area (TPSA) is 66.4 Å². The molecule has 28 heavy (non-hydrogen) atoms. The highest BCUT2D eigenvalue weighted by atomic mass is 16.5. The number of guanidine groups is 1. The van der Waals surface area contributed by atoms with E-state index in [4.69, 9.17) is 9.47 Å². The summed E-state index contributed by atoms with van der Waals surface area (Å²) in [5.41, 5.74) is 2.54. The van der Waals surface area contributed by atoms with Crippen molar-refractivity contribution in [1.29, 1.82) is 0 Å². The van der Waals surface area contributed by atoms with E-state index in [1.54, 1.807) is 7.05 Å². The highest BCUT2D eigenvalue weighted by Gasteiger charge is 2.36. The lowest BCUT2D eigenvalue weighted by atomic mass is 9.99. The minimum absolute atomic E-state index is 0.0944. The number of likely N-dealkylation sites (tertiary alicyclic amines) is 1. The van der Waals surface area contributed by atoms with Crippen LogP contribution in [0.25, 0.3) is 0 Å². The predicted octanol–water partition coefficient (Wildman–Crippen LogP) is 1.34. The number of aliphatic imine (C=N–C) groups is 1. The molecular weight excluding hydrogens is 356 g/mol. The Morgan fingerprint density at radius 1 is 1.21 bits per heavy atom. The second-order valence-corrected chi connectivity index (χ2v) is 7.62.